The second-order valence-corrected chi connectivity index (χ2v) is 6.14. The summed E-state index contributed by atoms with van der Waals surface area (Å²) >= 11 is 0. The van der Waals surface area contributed by atoms with E-state index in [9.17, 15) is 17.2 Å². The number of ether oxygens (including phenoxy) is 2. The van der Waals surface area contributed by atoms with Gasteiger partial charge in [-0.1, -0.05) is 0 Å². The van der Waals surface area contributed by atoms with Crippen molar-refractivity contribution in [2.24, 2.45) is 0 Å². The molecule has 0 aromatic heterocycles. The number of halogens is 2. The molecule has 0 aliphatic carbocycles. The SMILES string of the molecule is COCCOCCCS(=O)(=O)c1c(F)cc(N)cc1F. The fourth-order valence-corrected chi connectivity index (χ4v) is 2.99. The van der Waals surface area contributed by atoms with Gasteiger partial charge in [0, 0.05) is 19.4 Å². The molecule has 0 saturated carbocycles. The first-order valence-corrected chi connectivity index (χ1v) is 7.57. The molecular formula is C12H17F2NO4S. The highest BCUT2D eigenvalue weighted by Gasteiger charge is 2.24. The van der Waals surface area contributed by atoms with E-state index >= 15 is 0 Å². The van der Waals surface area contributed by atoms with Crippen LogP contribution in [0.25, 0.3) is 0 Å². The first-order chi connectivity index (χ1) is 9.38. The smallest absolute Gasteiger partial charge is 0.184 e. The van der Waals surface area contributed by atoms with Gasteiger partial charge in [0.1, 0.15) is 16.5 Å². The summed E-state index contributed by atoms with van der Waals surface area (Å²) in [7, 11) is -2.53. The van der Waals surface area contributed by atoms with Gasteiger partial charge in [-0.25, -0.2) is 17.2 Å². The maximum absolute atomic E-state index is 13.5. The molecule has 0 spiro atoms. The molecule has 20 heavy (non-hydrogen) atoms. The van der Waals surface area contributed by atoms with Crippen molar-refractivity contribution in [2.75, 3.05) is 38.4 Å². The molecule has 1 aromatic rings. The quantitative estimate of drug-likeness (QED) is 0.579. The molecule has 0 fully saturated rings. The summed E-state index contributed by atoms with van der Waals surface area (Å²) in [5, 5.41) is 0. The second-order valence-electron chi connectivity index (χ2n) is 4.09. The van der Waals surface area contributed by atoms with E-state index < -0.39 is 32.1 Å². The van der Waals surface area contributed by atoms with E-state index in [1.54, 1.807) is 0 Å². The molecule has 114 valence electrons. The molecule has 0 amide bonds. The number of sulfone groups is 1. The topological polar surface area (TPSA) is 78.6 Å². The number of nitrogens with two attached hydrogens (primary N) is 1. The van der Waals surface area contributed by atoms with E-state index in [0.717, 1.165) is 12.1 Å². The minimum atomic E-state index is -4.05. The van der Waals surface area contributed by atoms with Crippen LogP contribution in [0.4, 0.5) is 14.5 Å². The molecule has 2 N–H and O–H groups in total. The minimum Gasteiger partial charge on any atom is -0.399 e. The average Bonchev–Trinajstić information content (AvgIpc) is 2.31. The van der Waals surface area contributed by atoms with E-state index in [4.69, 9.17) is 15.2 Å². The van der Waals surface area contributed by atoms with Crippen molar-refractivity contribution in [1.82, 2.24) is 0 Å². The zero-order valence-corrected chi connectivity index (χ0v) is 11.9. The Morgan fingerprint density at radius 2 is 1.75 bits per heavy atom. The highest BCUT2D eigenvalue weighted by molar-refractivity contribution is 7.91. The molecule has 0 bridgehead atoms. The number of nitrogen functional groups attached to an aromatic ring is 1. The van der Waals surface area contributed by atoms with Gasteiger partial charge in [-0.05, 0) is 18.6 Å². The fourth-order valence-electron chi connectivity index (χ4n) is 1.57. The van der Waals surface area contributed by atoms with E-state index in [1.165, 1.54) is 7.11 Å². The molecule has 8 heteroatoms. The number of hydrogen-bond acceptors (Lipinski definition) is 5. The van der Waals surface area contributed by atoms with Crippen molar-refractivity contribution in [3.05, 3.63) is 23.8 Å². The fraction of sp³-hybridized carbons (Fsp3) is 0.500. The van der Waals surface area contributed by atoms with Crippen LogP contribution in [0.1, 0.15) is 6.42 Å². The van der Waals surface area contributed by atoms with Gasteiger partial charge < -0.3 is 15.2 Å². The summed E-state index contributed by atoms with van der Waals surface area (Å²) in [5.41, 5.74) is 5.07. The Hall–Kier alpha value is -1.25. The van der Waals surface area contributed by atoms with E-state index in [-0.39, 0.29) is 18.7 Å². The maximum atomic E-state index is 13.5. The molecule has 1 rings (SSSR count). The number of hydrogen-bond donors (Lipinski definition) is 1. The number of anilines is 1. The van der Waals surface area contributed by atoms with Crippen LogP contribution < -0.4 is 5.73 Å². The minimum absolute atomic E-state index is 0.134. The lowest BCUT2D eigenvalue weighted by Crippen LogP contribution is -2.14. The summed E-state index contributed by atoms with van der Waals surface area (Å²) in [4.78, 5) is -0.941. The highest BCUT2D eigenvalue weighted by atomic mass is 32.2. The van der Waals surface area contributed by atoms with Gasteiger partial charge in [0.05, 0.1) is 19.0 Å². The van der Waals surface area contributed by atoms with Gasteiger partial charge >= 0.3 is 0 Å². The zero-order valence-electron chi connectivity index (χ0n) is 11.1. The maximum Gasteiger partial charge on any atom is 0.184 e. The summed E-state index contributed by atoms with van der Waals surface area (Å²) in [6, 6.07) is 1.57. The van der Waals surface area contributed by atoms with Crippen molar-refractivity contribution in [3.8, 4) is 0 Å². The van der Waals surface area contributed by atoms with Crippen LogP contribution in [0.2, 0.25) is 0 Å². The lowest BCUT2D eigenvalue weighted by Gasteiger charge is -2.08. The van der Waals surface area contributed by atoms with Gasteiger partial charge in [-0.15, -0.1) is 0 Å². The van der Waals surface area contributed by atoms with Crippen molar-refractivity contribution in [1.29, 1.82) is 0 Å². The van der Waals surface area contributed by atoms with Crippen LogP contribution in [0.5, 0.6) is 0 Å². The normalized spacial score (nSPS) is 11.8. The van der Waals surface area contributed by atoms with Crippen LogP contribution in [0.3, 0.4) is 0 Å². The van der Waals surface area contributed by atoms with Crippen LogP contribution in [-0.4, -0.2) is 41.1 Å². The van der Waals surface area contributed by atoms with Crippen molar-refractivity contribution in [2.45, 2.75) is 11.3 Å². The largest absolute Gasteiger partial charge is 0.399 e. The molecule has 0 saturated heterocycles. The third-order valence-electron chi connectivity index (χ3n) is 2.47. The Kier molecular flexibility index (Phi) is 6.31. The van der Waals surface area contributed by atoms with Crippen LogP contribution in [0.15, 0.2) is 17.0 Å². The lowest BCUT2D eigenvalue weighted by atomic mass is 10.3. The summed E-state index contributed by atoms with van der Waals surface area (Å²) in [5.74, 6) is -2.76. The standard InChI is InChI=1S/C12H17F2NO4S/c1-18-4-5-19-3-2-6-20(16,17)12-10(13)7-9(15)8-11(12)14/h7-8H,2-6,15H2,1H3. The Morgan fingerprint density at radius 3 is 2.30 bits per heavy atom. The Balaban J connectivity index is 2.66. The lowest BCUT2D eigenvalue weighted by molar-refractivity contribution is 0.0712. The number of benzene rings is 1. The second kappa shape index (κ2) is 7.51. The van der Waals surface area contributed by atoms with Gasteiger partial charge in [-0.2, -0.15) is 0 Å². The molecule has 0 radical (unpaired) electrons. The molecule has 0 atom stereocenters. The van der Waals surface area contributed by atoms with Crippen molar-refractivity contribution in [3.63, 3.8) is 0 Å². The first kappa shape index (κ1) is 16.8. The molecule has 5 nitrogen and oxygen atoms in total. The molecule has 1 aromatic carbocycles. The predicted octanol–water partition coefficient (Wildman–Crippen LogP) is 1.37. The van der Waals surface area contributed by atoms with Crippen LogP contribution in [-0.2, 0) is 19.3 Å². The molecule has 0 heterocycles. The summed E-state index contributed by atoms with van der Waals surface area (Å²) in [6.07, 6.45) is 0.134. The van der Waals surface area contributed by atoms with Crippen molar-refractivity contribution >= 4 is 15.5 Å². The number of rotatable bonds is 8. The first-order valence-electron chi connectivity index (χ1n) is 5.92. The zero-order chi connectivity index (χ0) is 15.2. The Bertz CT molecular complexity index is 525. The molecule has 0 unspecified atom stereocenters. The van der Waals surface area contributed by atoms with Crippen LogP contribution >= 0.6 is 0 Å². The summed E-state index contributed by atoms with van der Waals surface area (Å²) in [6.45, 7) is 0.899. The van der Waals surface area contributed by atoms with E-state index in [0.29, 0.717) is 13.2 Å². The Morgan fingerprint density at radius 1 is 1.15 bits per heavy atom. The number of methoxy groups -OCH3 is 1. The van der Waals surface area contributed by atoms with Gasteiger partial charge in [0.2, 0.25) is 0 Å². The van der Waals surface area contributed by atoms with Crippen molar-refractivity contribution < 1.29 is 26.7 Å². The summed E-state index contributed by atoms with van der Waals surface area (Å²) < 4.78 is 60.7. The molecule has 0 aliphatic heterocycles. The monoisotopic (exact) mass is 309 g/mol. The average molecular weight is 309 g/mol. The highest BCUT2D eigenvalue weighted by Crippen LogP contribution is 2.23. The van der Waals surface area contributed by atoms with Gasteiger partial charge in [0.25, 0.3) is 0 Å². The predicted molar refractivity (Wildman–Crippen MR) is 70.1 cm³/mol. The van der Waals surface area contributed by atoms with Gasteiger partial charge in [-0.3, -0.25) is 0 Å². The van der Waals surface area contributed by atoms with E-state index in [1.807, 2.05) is 0 Å². The Labute approximate surface area is 116 Å². The van der Waals surface area contributed by atoms with Crippen LogP contribution in [0, 0.1) is 11.6 Å². The molecule has 0 aliphatic rings. The third-order valence-corrected chi connectivity index (χ3v) is 4.30. The molecular weight excluding hydrogens is 292 g/mol. The van der Waals surface area contributed by atoms with Gasteiger partial charge in [0.15, 0.2) is 9.84 Å². The third kappa shape index (κ3) is 4.69. The van der Waals surface area contributed by atoms with E-state index in [2.05, 4.69) is 0 Å².